The Labute approximate surface area is 355 Å². The number of allylic oxidation sites excluding steroid dienone is 2. The molecule has 305 valence electrons. The van der Waals surface area contributed by atoms with E-state index < -0.39 is 0 Å². The van der Waals surface area contributed by atoms with Gasteiger partial charge in [-0.3, -0.25) is 9.78 Å². The van der Waals surface area contributed by atoms with E-state index >= 15 is 0 Å². The molecule has 1 N–H and O–H groups in total. The summed E-state index contributed by atoms with van der Waals surface area (Å²) in [6, 6.07) is 29.9. The molecule has 0 aliphatic heterocycles. The molecule has 0 spiro atoms. The minimum atomic E-state index is 0. The number of aliphatic hydroxyl groups is 1. The summed E-state index contributed by atoms with van der Waals surface area (Å²) in [5.41, 5.74) is 10.4. The number of para-hydroxylation sites is 1. The van der Waals surface area contributed by atoms with E-state index in [1.807, 2.05) is 27.7 Å². The Bertz CT molecular complexity index is 2290. The van der Waals surface area contributed by atoms with Crippen molar-refractivity contribution in [3.63, 3.8) is 0 Å². The number of ketones is 1. The van der Waals surface area contributed by atoms with E-state index in [1.165, 1.54) is 39.3 Å². The van der Waals surface area contributed by atoms with Crippen LogP contribution < -0.4 is 0 Å². The summed E-state index contributed by atoms with van der Waals surface area (Å²) in [5.74, 6) is 3.05. The van der Waals surface area contributed by atoms with Crippen molar-refractivity contribution in [2.45, 2.75) is 132 Å². The second kappa shape index (κ2) is 20.1. The number of furan rings is 1. The first-order valence-electron chi connectivity index (χ1n) is 21.1. The van der Waals surface area contributed by atoms with Crippen LogP contribution in [0.2, 0.25) is 0 Å². The topological polar surface area (TPSA) is 63.3 Å². The van der Waals surface area contributed by atoms with Crippen molar-refractivity contribution in [3.05, 3.63) is 113 Å². The molecule has 0 atom stereocenters. The zero-order valence-electron chi connectivity index (χ0n) is 36.3. The van der Waals surface area contributed by atoms with Crippen LogP contribution in [0.15, 0.2) is 89.0 Å². The Hall–Kier alpha value is -4.05. The van der Waals surface area contributed by atoms with Gasteiger partial charge in [0.25, 0.3) is 0 Å². The number of aliphatic hydroxyl groups excluding tert-OH is 1. The number of fused-ring (bicyclic) bond motifs is 4. The van der Waals surface area contributed by atoms with E-state index in [-0.39, 0.29) is 43.5 Å². The van der Waals surface area contributed by atoms with E-state index in [0.717, 1.165) is 70.0 Å². The van der Waals surface area contributed by atoms with Crippen molar-refractivity contribution >= 4 is 38.4 Å². The number of nitrogens with zero attached hydrogens (tertiary/aromatic N) is 1. The molecule has 0 bridgehead atoms. The van der Waals surface area contributed by atoms with Crippen LogP contribution in [0.4, 0.5) is 0 Å². The zero-order chi connectivity index (χ0) is 40.8. The molecule has 6 rings (SSSR count). The maximum absolute atomic E-state index is 11.7. The van der Waals surface area contributed by atoms with Gasteiger partial charge in [-0.25, -0.2) is 0 Å². The SMILES string of the molecule is CC(C)c1cc(C(C)C)c(-c2cc3c(-c4[c-]c5ccccc5c(C(C)C)c4)nc4ccccc4c3o2)c(C(C)C)c1.CCC(CC)C(=O)/C=C(\O)C(CC)CC.[Ir]. The molecule has 4 nitrogen and oxygen atoms in total. The average Bonchev–Trinajstić information content (AvgIpc) is 3.63. The number of hydrogen-bond donors (Lipinski definition) is 1. The van der Waals surface area contributed by atoms with Gasteiger partial charge in [-0.15, -0.1) is 29.1 Å². The maximum Gasteiger partial charge on any atom is 0.162 e. The number of hydrogen-bond acceptors (Lipinski definition) is 4. The fourth-order valence-corrected chi connectivity index (χ4v) is 7.92. The Morgan fingerprint density at radius 3 is 1.77 bits per heavy atom. The molecule has 0 saturated carbocycles. The third-order valence-electron chi connectivity index (χ3n) is 11.5. The first-order valence-corrected chi connectivity index (χ1v) is 21.1. The predicted molar refractivity (Wildman–Crippen MR) is 239 cm³/mol. The van der Waals surface area contributed by atoms with Crippen LogP contribution in [0.1, 0.15) is 155 Å². The standard InChI is InChI=1S/C39H40NO.C13H24O2.Ir/c1-22(2)27-18-32(24(5)6)37(33(19-27)25(7)8)36-21-34-38(40-35-16-12-11-15-30(35)39(34)41-36)28-17-26-13-9-10-14-29(26)31(20-28)23(3)4;1-5-10(6-2)12(14)9-13(15)11(7-3)8-4;/h9-16,18-25H,1-8H3;9-11,14H,5-8H2,1-4H3;/q-1;;/b;12-9-;. The number of carbonyl (C=O) groups is 1. The van der Waals surface area contributed by atoms with E-state index in [0.29, 0.717) is 23.7 Å². The monoisotopic (exact) mass is 943 g/mol. The molecule has 0 aliphatic rings. The normalized spacial score (nSPS) is 12.1. The van der Waals surface area contributed by atoms with Crippen LogP contribution in [0, 0.1) is 17.9 Å². The summed E-state index contributed by atoms with van der Waals surface area (Å²) in [6.07, 6.45) is 4.91. The van der Waals surface area contributed by atoms with Gasteiger partial charge in [-0.1, -0.05) is 136 Å². The Kier molecular flexibility index (Phi) is 16.1. The number of pyridine rings is 1. The minimum absolute atomic E-state index is 0. The minimum Gasteiger partial charge on any atom is -0.512 e. The zero-order valence-corrected chi connectivity index (χ0v) is 38.7. The van der Waals surface area contributed by atoms with Crippen molar-refractivity contribution in [1.82, 2.24) is 4.98 Å². The van der Waals surface area contributed by atoms with Crippen LogP contribution in [-0.2, 0) is 24.9 Å². The third-order valence-corrected chi connectivity index (χ3v) is 11.5. The second-order valence-corrected chi connectivity index (χ2v) is 16.7. The summed E-state index contributed by atoms with van der Waals surface area (Å²) in [7, 11) is 0. The summed E-state index contributed by atoms with van der Waals surface area (Å²) < 4.78 is 6.92. The fraction of sp³-hybridized carbons (Fsp3) is 0.423. The maximum atomic E-state index is 11.7. The molecule has 2 heterocycles. The molecule has 4 aromatic carbocycles. The van der Waals surface area contributed by atoms with Crippen LogP contribution >= 0.6 is 0 Å². The Morgan fingerprint density at radius 1 is 0.684 bits per heavy atom. The van der Waals surface area contributed by atoms with Crippen molar-refractivity contribution in [2.75, 3.05) is 0 Å². The molecule has 0 aliphatic carbocycles. The first-order chi connectivity index (χ1) is 26.7. The van der Waals surface area contributed by atoms with Gasteiger partial charge in [0, 0.05) is 60.0 Å². The molecule has 0 fully saturated rings. The largest absolute Gasteiger partial charge is 0.512 e. The summed E-state index contributed by atoms with van der Waals surface area (Å²) in [6.45, 7) is 26.3. The van der Waals surface area contributed by atoms with Crippen molar-refractivity contribution in [3.8, 4) is 22.6 Å². The van der Waals surface area contributed by atoms with Crippen LogP contribution in [0.3, 0.4) is 0 Å². The predicted octanol–water partition coefficient (Wildman–Crippen LogP) is 15.6. The molecule has 0 saturated heterocycles. The second-order valence-electron chi connectivity index (χ2n) is 16.7. The van der Waals surface area contributed by atoms with E-state index in [4.69, 9.17) is 9.40 Å². The molecule has 1 radical (unpaired) electrons. The van der Waals surface area contributed by atoms with E-state index in [2.05, 4.69) is 134 Å². The van der Waals surface area contributed by atoms with Gasteiger partial charge in [0.2, 0.25) is 0 Å². The Balaban J connectivity index is 0.000000385. The average molecular weight is 943 g/mol. The van der Waals surface area contributed by atoms with Crippen LogP contribution in [0.5, 0.6) is 0 Å². The summed E-state index contributed by atoms with van der Waals surface area (Å²) in [4.78, 5) is 17.0. The number of benzene rings is 4. The van der Waals surface area contributed by atoms with Crippen molar-refractivity contribution in [1.29, 1.82) is 0 Å². The number of carbonyl (C=O) groups excluding carboxylic acids is 1. The van der Waals surface area contributed by atoms with Crippen molar-refractivity contribution in [2.24, 2.45) is 11.8 Å². The summed E-state index contributed by atoms with van der Waals surface area (Å²) in [5, 5.41) is 14.2. The molecule has 6 aromatic rings. The molecule has 0 amide bonds. The van der Waals surface area contributed by atoms with Gasteiger partial charge in [0.05, 0.1) is 11.3 Å². The van der Waals surface area contributed by atoms with E-state index in [1.54, 1.807) is 0 Å². The quantitative estimate of drug-likeness (QED) is 0.0712. The number of aromatic nitrogens is 1. The van der Waals surface area contributed by atoms with Gasteiger partial charge >= 0.3 is 0 Å². The molecule has 5 heteroatoms. The molecule has 2 aromatic heterocycles. The molecular formula is C52H64IrNO3-. The number of rotatable bonds is 13. The molecular weight excluding hydrogens is 879 g/mol. The van der Waals surface area contributed by atoms with Crippen molar-refractivity contribution < 1.29 is 34.4 Å². The first kappa shape index (κ1) is 45.6. The molecule has 57 heavy (non-hydrogen) atoms. The van der Waals surface area contributed by atoms with Gasteiger partial charge < -0.3 is 9.52 Å². The van der Waals surface area contributed by atoms with E-state index in [9.17, 15) is 9.90 Å². The third kappa shape index (κ3) is 9.98. The van der Waals surface area contributed by atoms with Crippen LogP contribution in [-0.4, -0.2) is 15.9 Å². The van der Waals surface area contributed by atoms with Gasteiger partial charge in [-0.2, -0.15) is 0 Å². The van der Waals surface area contributed by atoms with Gasteiger partial charge in [-0.05, 0) is 84.2 Å². The molecule has 0 unspecified atom stereocenters. The Morgan fingerprint density at radius 2 is 1.23 bits per heavy atom. The summed E-state index contributed by atoms with van der Waals surface area (Å²) >= 11 is 0. The fourth-order valence-electron chi connectivity index (χ4n) is 7.92. The smallest absolute Gasteiger partial charge is 0.162 e. The van der Waals surface area contributed by atoms with Gasteiger partial charge in [0.1, 0.15) is 11.3 Å². The van der Waals surface area contributed by atoms with Gasteiger partial charge in [0.15, 0.2) is 5.78 Å². The van der Waals surface area contributed by atoms with Crippen LogP contribution in [0.25, 0.3) is 55.2 Å².